The van der Waals surface area contributed by atoms with Crippen LogP contribution in [0.25, 0.3) is 0 Å². The van der Waals surface area contributed by atoms with E-state index in [9.17, 15) is 9.59 Å². The Morgan fingerprint density at radius 3 is 2.90 bits per heavy atom. The summed E-state index contributed by atoms with van der Waals surface area (Å²) in [5.41, 5.74) is 0.828. The standard InChI is InChI=1S/C14H17ClN2O3/c1-9-5-13(18)16-7-14(19)17(9)8-10-6-11(15)3-4-12(10)20-2/h3-4,6,9H,5,7-8H2,1-2H3,(H,16,18). The van der Waals surface area contributed by atoms with Crippen LogP contribution in [-0.2, 0) is 16.1 Å². The summed E-state index contributed by atoms with van der Waals surface area (Å²) in [6.45, 7) is 2.27. The fourth-order valence-electron chi connectivity index (χ4n) is 2.27. The first-order valence-electron chi connectivity index (χ1n) is 6.40. The number of hydrogen-bond donors (Lipinski definition) is 1. The predicted molar refractivity (Wildman–Crippen MR) is 75.6 cm³/mol. The number of rotatable bonds is 3. The van der Waals surface area contributed by atoms with Crippen LogP contribution in [0.5, 0.6) is 5.75 Å². The van der Waals surface area contributed by atoms with E-state index in [-0.39, 0.29) is 24.4 Å². The Morgan fingerprint density at radius 2 is 2.20 bits per heavy atom. The smallest absolute Gasteiger partial charge is 0.242 e. The molecule has 0 bridgehead atoms. The number of nitrogens with zero attached hydrogens (tertiary/aromatic N) is 1. The second-order valence-electron chi connectivity index (χ2n) is 4.81. The van der Waals surface area contributed by atoms with Gasteiger partial charge >= 0.3 is 0 Å². The SMILES string of the molecule is COc1ccc(Cl)cc1CN1C(=O)CNC(=O)CC1C. The maximum absolute atomic E-state index is 12.1. The molecule has 1 aromatic rings. The largest absolute Gasteiger partial charge is 0.496 e. The Hall–Kier alpha value is -1.75. The van der Waals surface area contributed by atoms with Crippen molar-refractivity contribution >= 4 is 23.4 Å². The lowest BCUT2D eigenvalue weighted by Gasteiger charge is -2.27. The fraction of sp³-hybridized carbons (Fsp3) is 0.429. The first kappa shape index (κ1) is 14.7. The number of halogens is 1. The van der Waals surface area contributed by atoms with Crippen molar-refractivity contribution in [3.8, 4) is 5.75 Å². The quantitative estimate of drug-likeness (QED) is 0.921. The molecule has 6 heteroatoms. The van der Waals surface area contributed by atoms with Gasteiger partial charge in [0.1, 0.15) is 5.75 Å². The van der Waals surface area contributed by atoms with Crippen molar-refractivity contribution < 1.29 is 14.3 Å². The molecule has 1 heterocycles. The molecule has 1 aromatic carbocycles. The van der Waals surface area contributed by atoms with E-state index < -0.39 is 0 Å². The lowest BCUT2D eigenvalue weighted by atomic mass is 10.1. The van der Waals surface area contributed by atoms with Crippen LogP contribution in [0.3, 0.4) is 0 Å². The minimum atomic E-state index is -0.159. The Kier molecular flexibility index (Phi) is 4.49. The van der Waals surface area contributed by atoms with E-state index >= 15 is 0 Å². The van der Waals surface area contributed by atoms with Gasteiger partial charge in [0.2, 0.25) is 11.8 Å². The van der Waals surface area contributed by atoms with E-state index in [1.807, 2.05) is 6.92 Å². The van der Waals surface area contributed by atoms with Crippen LogP contribution < -0.4 is 10.1 Å². The van der Waals surface area contributed by atoms with Crippen molar-refractivity contribution in [2.24, 2.45) is 0 Å². The number of benzene rings is 1. The Balaban J connectivity index is 2.25. The molecule has 0 spiro atoms. The molecule has 0 aromatic heterocycles. The van der Waals surface area contributed by atoms with Crippen LogP contribution in [0, 0.1) is 0 Å². The van der Waals surface area contributed by atoms with Crippen LogP contribution in [0.15, 0.2) is 18.2 Å². The molecule has 1 aliphatic rings. The molecule has 1 atom stereocenters. The molecule has 1 unspecified atom stereocenters. The molecule has 2 rings (SSSR count). The summed E-state index contributed by atoms with van der Waals surface area (Å²) < 4.78 is 5.29. The zero-order chi connectivity index (χ0) is 14.7. The van der Waals surface area contributed by atoms with Crippen molar-refractivity contribution in [3.63, 3.8) is 0 Å². The van der Waals surface area contributed by atoms with Gasteiger partial charge in [-0.1, -0.05) is 11.6 Å². The minimum absolute atomic E-state index is 0.0338. The predicted octanol–water partition coefficient (Wildman–Crippen LogP) is 1.59. The fourth-order valence-corrected chi connectivity index (χ4v) is 2.47. The zero-order valence-electron chi connectivity index (χ0n) is 11.5. The van der Waals surface area contributed by atoms with Gasteiger partial charge < -0.3 is 15.0 Å². The first-order valence-corrected chi connectivity index (χ1v) is 6.77. The number of nitrogens with one attached hydrogen (secondary N) is 1. The average Bonchev–Trinajstić information content (AvgIpc) is 2.52. The van der Waals surface area contributed by atoms with Gasteiger partial charge in [0.15, 0.2) is 0 Å². The van der Waals surface area contributed by atoms with Crippen molar-refractivity contribution in [2.75, 3.05) is 13.7 Å². The monoisotopic (exact) mass is 296 g/mol. The molecule has 5 nitrogen and oxygen atoms in total. The number of hydrogen-bond acceptors (Lipinski definition) is 3. The van der Waals surface area contributed by atoms with E-state index in [1.165, 1.54) is 0 Å². The van der Waals surface area contributed by atoms with Crippen molar-refractivity contribution in [1.82, 2.24) is 10.2 Å². The summed E-state index contributed by atoms with van der Waals surface area (Å²) in [5, 5.41) is 3.18. The highest BCUT2D eigenvalue weighted by molar-refractivity contribution is 6.30. The summed E-state index contributed by atoms with van der Waals surface area (Å²) in [7, 11) is 1.57. The third-order valence-electron chi connectivity index (χ3n) is 3.35. The van der Waals surface area contributed by atoms with E-state index in [4.69, 9.17) is 16.3 Å². The van der Waals surface area contributed by atoms with Gasteiger partial charge in [0, 0.05) is 29.6 Å². The molecule has 1 N–H and O–H groups in total. The zero-order valence-corrected chi connectivity index (χ0v) is 12.2. The average molecular weight is 297 g/mol. The topological polar surface area (TPSA) is 58.6 Å². The first-order chi connectivity index (χ1) is 9.51. The van der Waals surface area contributed by atoms with E-state index in [2.05, 4.69) is 5.32 Å². The highest BCUT2D eigenvalue weighted by atomic mass is 35.5. The number of carbonyl (C=O) groups excluding carboxylic acids is 2. The Labute approximate surface area is 122 Å². The third kappa shape index (κ3) is 3.22. The summed E-state index contributed by atoms with van der Waals surface area (Å²) in [4.78, 5) is 25.2. The Morgan fingerprint density at radius 1 is 1.45 bits per heavy atom. The third-order valence-corrected chi connectivity index (χ3v) is 3.59. The molecule has 0 aliphatic carbocycles. The molecular formula is C14H17ClN2O3. The van der Waals surface area contributed by atoms with Gasteiger partial charge in [-0.2, -0.15) is 0 Å². The van der Waals surface area contributed by atoms with Gasteiger partial charge in [-0.05, 0) is 25.1 Å². The summed E-state index contributed by atoms with van der Waals surface area (Å²) in [6.07, 6.45) is 0.300. The summed E-state index contributed by atoms with van der Waals surface area (Å²) >= 11 is 5.99. The van der Waals surface area contributed by atoms with Gasteiger partial charge in [-0.15, -0.1) is 0 Å². The molecule has 1 aliphatic heterocycles. The second kappa shape index (κ2) is 6.13. The van der Waals surface area contributed by atoms with Crippen LogP contribution in [0.4, 0.5) is 0 Å². The second-order valence-corrected chi connectivity index (χ2v) is 5.24. The molecule has 2 amide bonds. The maximum Gasteiger partial charge on any atom is 0.242 e. The molecular weight excluding hydrogens is 280 g/mol. The highest BCUT2D eigenvalue weighted by Gasteiger charge is 2.27. The molecule has 0 radical (unpaired) electrons. The molecule has 108 valence electrons. The van der Waals surface area contributed by atoms with Gasteiger partial charge in [0.25, 0.3) is 0 Å². The minimum Gasteiger partial charge on any atom is -0.496 e. The lowest BCUT2D eigenvalue weighted by molar-refractivity contribution is -0.132. The molecule has 0 saturated carbocycles. The lowest BCUT2D eigenvalue weighted by Crippen LogP contribution is -2.39. The van der Waals surface area contributed by atoms with E-state index in [0.29, 0.717) is 23.7 Å². The summed E-state index contributed by atoms with van der Waals surface area (Å²) in [5.74, 6) is 0.467. The van der Waals surface area contributed by atoms with Crippen molar-refractivity contribution in [3.05, 3.63) is 28.8 Å². The van der Waals surface area contributed by atoms with Crippen molar-refractivity contribution in [2.45, 2.75) is 25.9 Å². The van der Waals surface area contributed by atoms with E-state index in [1.54, 1.807) is 30.2 Å². The number of methoxy groups -OCH3 is 1. The van der Waals surface area contributed by atoms with Crippen LogP contribution in [0.1, 0.15) is 18.9 Å². The van der Waals surface area contributed by atoms with Crippen LogP contribution >= 0.6 is 11.6 Å². The molecule has 1 fully saturated rings. The van der Waals surface area contributed by atoms with Gasteiger partial charge in [-0.25, -0.2) is 0 Å². The maximum atomic E-state index is 12.1. The van der Waals surface area contributed by atoms with Crippen LogP contribution in [0.2, 0.25) is 5.02 Å². The number of amides is 2. The Bertz CT molecular complexity index is 533. The highest BCUT2D eigenvalue weighted by Crippen LogP contribution is 2.25. The molecule has 1 saturated heterocycles. The van der Waals surface area contributed by atoms with Gasteiger partial charge in [0.05, 0.1) is 13.7 Å². The molecule has 20 heavy (non-hydrogen) atoms. The van der Waals surface area contributed by atoms with Crippen molar-refractivity contribution in [1.29, 1.82) is 0 Å². The van der Waals surface area contributed by atoms with Gasteiger partial charge in [-0.3, -0.25) is 9.59 Å². The normalized spacial score (nSPS) is 19.6. The number of carbonyl (C=O) groups is 2. The van der Waals surface area contributed by atoms with Crippen LogP contribution in [-0.4, -0.2) is 36.4 Å². The number of ether oxygens (including phenoxy) is 1. The summed E-state index contributed by atoms with van der Waals surface area (Å²) in [6, 6.07) is 5.13. The van der Waals surface area contributed by atoms with E-state index in [0.717, 1.165) is 5.56 Å².